The number of hydrogen-bond acceptors (Lipinski definition) is 12. The second-order valence-electron chi connectivity index (χ2n) is 6.78. The van der Waals surface area contributed by atoms with Crippen molar-refractivity contribution in [2.24, 2.45) is 5.41 Å². The minimum Gasteiger partial charge on any atom is -0.466 e. The van der Waals surface area contributed by atoms with E-state index in [0.29, 0.717) is 0 Å². The van der Waals surface area contributed by atoms with Crippen LogP contribution in [0.4, 0.5) is 0 Å². The van der Waals surface area contributed by atoms with Gasteiger partial charge in [-0.2, -0.15) is 0 Å². The first-order valence-corrected chi connectivity index (χ1v) is 10.5. The largest absolute Gasteiger partial charge is 0.466 e. The Morgan fingerprint density at radius 3 is 0.909 bits per heavy atom. The fourth-order valence-electron chi connectivity index (χ4n) is 2.27. The smallest absolute Gasteiger partial charge is 0.317 e. The molecule has 0 N–H and O–H groups in total. The molecule has 0 saturated heterocycles. The van der Waals surface area contributed by atoms with Gasteiger partial charge in [0, 0.05) is 0 Å². The van der Waals surface area contributed by atoms with Gasteiger partial charge < -0.3 is 28.4 Å². The molecule has 0 aliphatic rings. The van der Waals surface area contributed by atoms with E-state index in [1.807, 2.05) is 0 Å². The maximum Gasteiger partial charge on any atom is 0.317 e. The van der Waals surface area contributed by atoms with Gasteiger partial charge in [-0.3, -0.25) is 28.8 Å². The first-order chi connectivity index (χ1) is 15.6. The zero-order chi connectivity index (χ0) is 25.3. The molecule has 33 heavy (non-hydrogen) atoms. The van der Waals surface area contributed by atoms with E-state index in [0.717, 1.165) is 0 Å². The highest BCUT2D eigenvalue weighted by molar-refractivity contribution is 5.92. The molecular formula is C21H32O12. The number of carbonyl (C=O) groups is 6. The molecule has 12 nitrogen and oxygen atoms in total. The van der Waals surface area contributed by atoms with E-state index in [2.05, 4.69) is 14.2 Å². The lowest BCUT2D eigenvalue weighted by Gasteiger charge is -2.31. The molecule has 0 bridgehead atoms. The molecule has 12 heteroatoms. The molecule has 0 fully saturated rings. The number of rotatable bonds is 16. The summed E-state index contributed by atoms with van der Waals surface area (Å²) in [6, 6.07) is 0. The van der Waals surface area contributed by atoms with Gasteiger partial charge in [-0.15, -0.1) is 0 Å². The second kappa shape index (κ2) is 16.5. The van der Waals surface area contributed by atoms with Crippen molar-refractivity contribution in [1.29, 1.82) is 0 Å². The molecule has 0 aromatic rings. The highest BCUT2D eigenvalue weighted by atomic mass is 16.6. The lowest BCUT2D eigenvalue weighted by molar-refractivity contribution is -0.165. The number of carbonyl (C=O) groups excluding carboxylic acids is 6. The van der Waals surface area contributed by atoms with Crippen LogP contribution in [0.1, 0.15) is 53.4 Å². The van der Waals surface area contributed by atoms with Crippen molar-refractivity contribution in [2.45, 2.75) is 53.4 Å². The molecule has 0 saturated carbocycles. The molecule has 0 heterocycles. The van der Waals surface area contributed by atoms with Gasteiger partial charge in [-0.05, 0) is 27.2 Å². The van der Waals surface area contributed by atoms with Gasteiger partial charge in [0.2, 0.25) is 0 Å². The highest BCUT2D eigenvalue weighted by Gasteiger charge is 2.35. The van der Waals surface area contributed by atoms with Crippen LogP contribution < -0.4 is 0 Å². The van der Waals surface area contributed by atoms with Crippen molar-refractivity contribution in [3.63, 3.8) is 0 Å². The van der Waals surface area contributed by atoms with Crippen molar-refractivity contribution < 1.29 is 57.2 Å². The Balaban J connectivity index is 5.14. The third-order valence-electron chi connectivity index (χ3n) is 4.15. The number of ether oxygens (including phenoxy) is 6. The van der Waals surface area contributed by atoms with Crippen molar-refractivity contribution >= 4 is 35.8 Å². The van der Waals surface area contributed by atoms with Crippen molar-refractivity contribution in [2.75, 3.05) is 39.6 Å². The van der Waals surface area contributed by atoms with Gasteiger partial charge in [0.05, 0.1) is 25.2 Å². The minimum atomic E-state index is -1.20. The summed E-state index contributed by atoms with van der Waals surface area (Å²) in [4.78, 5) is 70.1. The van der Waals surface area contributed by atoms with Crippen LogP contribution in [0.15, 0.2) is 0 Å². The van der Waals surface area contributed by atoms with Gasteiger partial charge in [0.1, 0.15) is 39.1 Å². The molecule has 0 rings (SSSR count). The first kappa shape index (κ1) is 29.8. The molecule has 0 aromatic heterocycles. The van der Waals surface area contributed by atoms with E-state index < -0.39 is 60.5 Å². The van der Waals surface area contributed by atoms with Crippen LogP contribution in [0.3, 0.4) is 0 Å². The molecule has 0 radical (unpaired) electrons. The highest BCUT2D eigenvalue weighted by Crippen LogP contribution is 2.25. The Bertz CT molecular complexity index is 596. The molecular weight excluding hydrogens is 444 g/mol. The van der Waals surface area contributed by atoms with Crippen LogP contribution in [-0.2, 0) is 57.2 Å². The maximum absolute atomic E-state index is 11.9. The molecule has 0 atom stereocenters. The van der Waals surface area contributed by atoms with Crippen molar-refractivity contribution in [3.05, 3.63) is 0 Å². The van der Waals surface area contributed by atoms with Crippen LogP contribution in [0.25, 0.3) is 0 Å². The summed E-state index contributed by atoms with van der Waals surface area (Å²) in [6.45, 7) is 5.58. The fourth-order valence-corrected chi connectivity index (χ4v) is 2.27. The summed E-state index contributed by atoms with van der Waals surface area (Å²) < 4.78 is 29.4. The SMILES string of the molecule is CCOC(=O)CC(=O)OCC(CC)(COC(=O)CC(=O)OCC)COC(=O)CC(=O)OCC. The second-order valence-corrected chi connectivity index (χ2v) is 6.78. The summed E-state index contributed by atoms with van der Waals surface area (Å²) in [7, 11) is 0. The quantitative estimate of drug-likeness (QED) is 0.176. The Morgan fingerprint density at radius 2 is 0.697 bits per heavy atom. The Morgan fingerprint density at radius 1 is 0.455 bits per heavy atom. The van der Waals surface area contributed by atoms with Crippen LogP contribution in [-0.4, -0.2) is 75.5 Å². The normalized spacial score (nSPS) is 10.5. The summed E-state index contributed by atoms with van der Waals surface area (Å²) >= 11 is 0. The fraction of sp³-hybridized carbons (Fsp3) is 0.714. The molecule has 0 unspecified atom stereocenters. The molecule has 0 aliphatic carbocycles. The minimum absolute atomic E-state index is 0.0951. The lowest BCUT2D eigenvalue weighted by atomic mass is 9.88. The zero-order valence-corrected chi connectivity index (χ0v) is 19.5. The third-order valence-corrected chi connectivity index (χ3v) is 4.15. The van der Waals surface area contributed by atoms with Gasteiger partial charge in [-0.25, -0.2) is 0 Å². The van der Waals surface area contributed by atoms with Gasteiger partial charge >= 0.3 is 35.8 Å². The van der Waals surface area contributed by atoms with Gasteiger partial charge in [0.25, 0.3) is 0 Å². The Labute approximate surface area is 192 Å². The summed E-state index contributed by atoms with van der Waals surface area (Å²) in [6.07, 6.45) is -1.67. The maximum atomic E-state index is 11.9. The molecule has 0 aromatic carbocycles. The predicted octanol–water partition coefficient (Wildman–Crippen LogP) is 0.872. The number of hydrogen-bond donors (Lipinski definition) is 0. The first-order valence-electron chi connectivity index (χ1n) is 10.5. The molecule has 0 amide bonds. The van der Waals surface area contributed by atoms with E-state index in [4.69, 9.17) is 14.2 Å². The van der Waals surface area contributed by atoms with E-state index in [-0.39, 0.29) is 46.1 Å². The summed E-state index contributed by atoms with van der Waals surface area (Å²) in [5.74, 6) is -4.98. The molecule has 0 aliphatic heterocycles. The van der Waals surface area contributed by atoms with E-state index in [9.17, 15) is 28.8 Å². The van der Waals surface area contributed by atoms with E-state index in [1.54, 1.807) is 27.7 Å². The third kappa shape index (κ3) is 13.8. The summed E-state index contributed by atoms with van der Waals surface area (Å²) in [5, 5.41) is 0. The Hall–Kier alpha value is -3.18. The predicted molar refractivity (Wildman–Crippen MR) is 109 cm³/mol. The lowest BCUT2D eigenvalue weighted by Crippen LogP contribution is -2.39. The molecule has 0 spiro atoms. The van der Waals surface area contributed by atoms with Crippen molar-refractivity contribution in [3.8, 4) is 0 Å². The monoisotopic (exact) mass is 476 g/mol. The van der Waals surface area contributed by atoms with Crippen LogP contribution in [0.5, 0.6) is 0 Å². The van der Waals surface area contributed by atoms with Gasteiger partial charge in [-0.1, -0.05) is 6.92 Å². The molecule has 188 valence electrons. The van der Waals surface area contributed by atoms with E-state index in [1.165, 1.54) is 0 Å². The topological polar surface area (TPSA) is 158 Å². The average molecular weight is 476 g/mol. The van der Waals surface area contributed by atoms with Crippen LogP contribution >= 0.6 is 0 Å². The zero-order valence-electron chi connectivity index (χ0n) is 19.5. The standard InChI is InChI=1S/C21H32O12/c1-5-21(12-31-18(25)9-15(22)28-6-2,13-32-19(26)10-16(23)29-7-3)14-33-20(27)11-17(24)30-8-4/h5-14H2,1-4H3. The number of esters is 6. The average Bonchev–Trinajstić information content (AvgIpc) is 2.74. The van der Waals surface area contributed by atoms with Gasteiger partial charge in [0.15, 0.2) is 0 Å². The Kier molecular flexibility index (Phi) is 14.9. The van der Waals surface area contributed by atoms with Crippen molar-refractivity contribution in [1.82, 2.24) is 0 Å². The van der Waals surface area contributed by atoms with Crippen LogP contribution in [0.2, 0.25) is 0 Å². The van der Waals surface area contributed by atoms with E-state index >= 15 is 0 Å². The summed E-state index contributed by atoms with van der Waals surface area (Å²) in [5.41, 5.74) is -1.20. The van der Waals surface area contributed by atoms with Crippen LogP contribution in [0, 0.1) is 5.41 Å².